The van der Waals surface area contributed by atoms with Gasteiger partial charge in [0, 0.05) is 31.7 Å². The maximum Gasteiger partial charge on any atom is 0.161 e. The molecule has 0 aromatic heterocycles. The van der Waals surface area contributed by atoms with E-state index in [1.165, 1.54) is 0 Å². The molecule has 7 nitrogen and oxygen atoms in total. The lowest BCUT2D eigenvalue weighted by molar-refractivity contribution is -0.0104. The van der Waals surface area contributed by atoms with Crippen molar-refractivity contribution in [3.8, 4) is 28.7 Å². The number of benzene rings is 3. The van der Waals surface area contributed by atoms with Crippen LogP contribution in [0.2, 0.25) is 0 Å². The van der Waals surface area contributed by atoms with E-state index in [9.17, 15) is 5.11 Å². The molecule has 0 unspecified atom stereocenters. The van der Waals surface area contributed by atoms with E-state index < -0.39 is 0 Å². The van der Waals surface area contributed by atoms with Gasteiger partial charge < -0.3 is 24.1 Å². The first kappa shape index (κ1) is 24.7. The Balaban J connectivity index is 1.66. The van der Waals surface area contributed by atoms with Gasteiger partial charge in [0.25, 0.3) is 0 Å². The van der Waals surface area contributed by atoms with Crippen LogP contribution in [0.15, 0.2) is 60.7 Å². The molecule has 0 atom stereocenters. The van der Waals surface area contributed by atoms with E-state index in [-0.39, 0.29) is 6.17 Å². The molecular weight excluding hydrogens is 444 g/mol. The molecule has 0 amide bonds. The summed E-state index contributed by atoms with van der Waals surface area (Å²) >= 11 is 0. The molecule has 1 fully saturated rings. The Morgan fingerprint density at radius 1 is 0.686 bits per heavy atom. The third-order valence-electron chi connectivity index (χ3n) is 6.46. The molecule has 1 aliphatic heterocycles. The van der Waals surface area contributed by atoms with Crippen LogP contribution in [0.25, 0.3) is 0 Å². The summed E-state index contributed by atoms with van der Waals surface area (Å²) < 4.78 is 21.9. The number of phenolic OH excluding ortho intramolecular Hbond substituents is 1. The van der Waals surface area contributed by atoms with Gasteiger partial charge in [-0.25, -0.2) is 0 Å². The smallest absolute Gasteiger partial charge is 0.161 e. The van der Waals surface area contributed by atoms with Crippen LogP contribution in [0.3, 0.4) is 0 Å². The Labute approximate surface area is 207 Å². The van der Waals surface area contributed by atoms with Gasteiger partial charge in [-0.3, -0.25) is 9.80 Å². The van der Waals surface area contributed by atoms with E-state index in [4.69, 9.17) is 18.9 Å². The summed E-state index contributed by atoms with van der Waals surface area (Å²) in [7, 11) is 6.58. The largest absolute Gasteiger partial charge is 0.508 e. The Bertz CT molecular complexity index is 1070. The van der Waals surface area contributed by atoms with Crippen molar-refractivity contribution in [2.75, 3.05) is 41.5 Å². The van der Waals surface area contributed by atoms with E-state index in [0.717, 1.165) is 36.2 Å². The van der Waals surface area contributed by atoms with E-state index in [1.54, 1.807) is 34.5 Å². The summed E-state index contributed by atoms with van der Waals surface area (Å²) in [5.41, 5.74) is 3.14. The fourth-order valence-corrected chi connectivity index (χ4v) is 4.81. The summed E-state index contributed by atoms with van der Waals surface area (Å²) in [4.78, 5) is 4.81. The molecule has 0 saturated carbocycles. The van der Waals surface area contributed by atoms with Crippen LogP contribution in [0.1, 0.15) is 29.3 Å². The molecule has 3 aromatic carbocycles. The van der Waals surface area contributed by atoms with Gasteiger partial charge in [-0.2, -0.15) is 0 Å². The maximum absolute atomic E-state index is 10.8. The van der Waals surface area contributed by atoms with Crippen molar-refractivity contribution >= 4 is 0 Å². The van der Waals surface area contributed by atoms with Crippen LogP contribution in [0.4, 0.5) is 0 Å². The molecule has 0 aliphatic carbocycles. The number of para-hydroxylation sites is 1. The molecule has 0 radical (unpaired) electrons. The van der Waals surface area contributed by atoms with Crippen LogP contribution in [-0.4, -0.2) is 56.4 Å². The number of nitrogens with zero attached hydrogens (tertiary/aromatic N) is 2. The van der Waals surface area contributed by atoms with Crippen LogP contribution < -0.4 is 18.9 Å². The Kier molecular flexibility index (Phi) is 8.00. The molecule has 7 heteroatoms. The molecule has 1 N–H and O–H groups in total. The summed E-state index contributed by atoms with van der Waals surface area (Å²) in [5, 5.41) is 10.8. The van der Waals surface area contributed by atoms with Gasteiger partial charge in [0.15, 0.2) is 23.0 Å². The molecule has 35 heavy (non-hydrogen) atoms. The Hall–Kier alpha value is -3.42. The zero-order valence-electron chi connectivity index (χ0n) is 20.9. The number of hydrogen-bond donors (Lipinski definition) is 1. The first-order valence-electron chi connectivity index (χ1n) is 11.8. The van der Waals surface area contributed by atoms with E-state index in [0.29, 0.717) is 41.8 Å². The van der Waals surface area contributed by atoms with Gasteiger partial charge in [-0.05, 0) is 47.9 Å². The summed E-state index contributed by atoms with van der Waals surface area (Å²) in [6.45, 7) is 3.25. The highest BCUT2D eigenvalue weighted by Crippen LogP contribution is 2.38. The molecule has 1 saturated heterocycles. The van der Waals surface area contributed by atoms with Gasteiger partial charge in [-0.15, -0.1) is 0 Å². The number of ether oxygens (including phenoxy) is 4. The van der Waals surface area contributed by atoms with Gasteiger partial charge in [0.2, 0.25) is 0 Å². The normalized spacial score (nSPS) is 15.1. The predicted molar refractivity (Wildman–Crippen MR) is 135 cm³/mol. The van der Waals surface area contributed by atoms with Crippen molar-refractivity contribution in [3.05, 3.63) is 77.4 Å². The van der Waals surface area contributed by atoms with Crippen LogP contribution >= 0.6 is 0 Å². The number of rotatable bonds is 9. The fraction of sp³-hybridized carbons (Fsp3) is 0.357. The minimum absolute atomic E-state index is 0.0915. The maximum atomic E-state index is 10.8. The predicted octanol–water partition coefficient (Wildman–Crippen LogP) is 4.83. The lowest BCUT2D eigenvalue weighted by Gasteiger charge is -2.44. The first-order chi connectivity index (χ1) is 17.1. The fourth-order valence-electron chi connectivity index (χ4n) is 4.81. The minimum atomic E-state index is -0.0915. The van der Waals surface area contributed by atoms with Crippen molar-refractivity contribution in [3.63, 3.8) is 0 Å². The van der Waals surface area contributed by atoms with Gasteiger partial charge in [-0.1, -0.05) is 30.3 Å². The molecule has 1 heterocycles. The lowest BCUT2D eigenvalue weighted by Crippen LogP contribution is -2.46. The second-order valence-corrected chi connectivity index (χ2v) is 8.61. The zero-order chi connectivity index (χ0) is 24.8. The second kappa shape index (κ2) is 11.3. The van der Waals surface area contributed by atoms with Gasteiger partial charge >= 0.3 is 0 Å². The average Bonchev–Trinajstić information content (AvgIpc) is 2.89. The number of aromatic hydroxyl groups is 1. The van der Waals surface area contributed by atoms with E-state index in [1.807, 2.05) is 42.5 Å². The monoisotopic (exact) mass is 478 g/mol. The zero-order valence-corrected chi connectivity index (χ0v) is 20.9. The van der Waals surface area contributed by atoms with Crippen LogP contribution in [0, 0.1) is 0 Å². The van der Waals surface area contributed by atoms with Gasteiger partial charge in [0.05, 0.1) is 34.6 Å². The summed E-state index contributed by atoms with van der Waals surface area (Å²) in [6.07, 6.45) is 0.927. The van der Waals surface area contributed by atoms with Crippen molar-refractivity contribution in [1.29, 1.82) is 0 Å². The number of hydrogen-bond acceptors (Lipinski definition) is 7. The Morgan fingerprint density at radius 2 is 1.17 bits per heavy atom. The SMILES string of the molecule is COc1ccc(CN2CCCN(Cc3ccc(OC)c(OC)c3)C2c2ccccc2O)cc1OC. The molecule has 0 bridgehead atoms. The van der Waals surface area contributed by atoms with Crippen molar-refractivity contribution in [2.45, 2.75) is 25.7 Å². The molecule has 1 aliphatic rings. The summed E-state index contributed by atoms with van der Waals surface area (Å²) in [5.74, 6) is 3.14. The lowest BCUT2D eigenvalue weighted by atomic mass is 10.0. The minimum Gasteiger partial charge on any atom is -0.508 e. The third kappa shape index (κ3) is 5.47. The second-order valence-electron chi connectivity index (χ2n) is 8.61. The topological polar surface area (TPSA) is 63.6 Å². The number of phenols is 1. The molecule has 3 aromatic rings. The number of methoxy groups -OCH3 is 4. The standard InChI is InChI=1S/C28H34N2O5/c1-32-24-12-10-20(16-26(24)34-3)18-29-14-7-15-30(28(29)22-8-5-6-9-23(22)31)19-21-11-13-25(33-2)27(17-21)35-4/h5-6,8-13,16-17,28,31H,7,14-15,18-19H2,1-4H3. The van der Waals surface area contributed by atoms with Crippen LogP contribution in [-0.2, 0) is 13.1 Å². The van der Waals surface area contributed by atoms with E-state index in [2.05, 4.69) is 21.9 Å². The third-order valence-corrected chi connectivity index (χ3v) is 6.46. The highest BCUT2D eigenvalue weighted by molar-refractivity contribution is 5.44. The van der Waals surface area contributed by atoms with Crippen molar-refractivity contribution in [2.24, 2.45) is 0 Å². The Morgan fingerprint density at radius 3 is 1.63 bits per heavy atom. The average molecular weight is 479 g/mol. The van der Waals surface area contributed by atoms with Gasteiger partial charge in [0.1, 0.15) is 5.75 Å². The van der Waals surface area contributed by atoms with E-state index >= 15 is 0 Å². The highest BCUT2D eigenvalue weighted by atomic mass is 16.5. The molecular formula is C28H34N2O5. The molecule has 4 rings (SSSR count). The molecule has 0 spiro atoms. The summed E-state index contributed by atoms with van der Waals surface area (Å²) in [6, 6.07) is 19.7. The highest BCUT2D eigenvalue weighted by Gasteiger charge is 2.32. The van der Waals surface area contributed by atoms with Crippen molar-refractivity contribution in [1.82, 2.24) is 9.80 Å². The van der Waals surface area contributed by atoms with Crippen LogP contribution in [0.5, 0.6) is 28.7 Å². The van der Waals surface area contributed by atoms with Crippen molar-refractivity contribution < 1.29 is 24.1 Å². The molecule has 186 valence electrons. The quantitative estimate of drug-likeness (QED) is 0.472. The first-order valence-corrected chi connectivity index (χ1v) is 11.8.